The normalized spacial score (nSPS) is 20.1. The number of esters is 1. The van der Waals surface area contributed by atoms with Crippen LogP contribution in [0.1, 0.15) is 43.2 Å². The van der Waals surface area contributed by atoms with Crippen molar-refractivity contribution in [3.63, 3.8) is 0 Å². The number of ether oxygens (including phenoxy) is 2. The summed E-state index contributed by atoms with van der Waals surface area (Å²) in [6.45, 7) is 0.906. The van der Waals surface area contributed by atoms with E-state index >= 15 is 0 Å². The van der Waals surface area contributed by atoms with Crippen LogP contribution in [-0.4, -0.2) is 17.5 Å². The molecule has 5 nitrogen and oxygen atoms in total. The van der Waals surface area contributed by atoms with Crippen LogP contribution < -0.4 is 10.1 Å². The Morgan fingerprint density at radius 2 is 1.82 bits per heavy atom. The number of rotatable bonds is 6. The summed E-state index contributed by atoms with van der Waals surface area (Å²) in [5.74, 6) is 0.0453. The molecule has 1 atom stereocenters. The van der Waals surface area contributed by atoms with E-state index in [1.54, 1.807) is 0 Å². The number of hydrogen-bond donors (Lipinski definition) is 1. The highest BCUT2D eigenvalue weighted by molar-refractivity contribution is 5.87. The molecule has 1 saturated heterocycles. The Kier molecular flexibility index (Phi) is 5.33. The predicted octanol–water partition coefficient (Wildman–Crippen LogP) is 3.76. The van der Waals surface area contributed by atoms with Gasteiger partial charge in [-0.05, 0) is 48.9 Å². The maximum atomic E-state index is 12.7. The average Bonchev–Trinajstić information content (AvgIpc) is 3.32. The molecule has 1 amide bonds. The Balaban J connectivity index is 1.34. The van der Waals surface area contributed by atoms with Gasteiger partial charge in [0.1, 0.15) is 18.0 Å². The first kappa shape index (κ1) is 18.5. The van der Waals surface area contributed by atoms with Crippen LogP contribution in [-0.2, 0) is 27.5 Å². The Morgan fingerprint density at radius 3 is 2.61 bits per heavy atom. The number of carbonyl (C=O) groups excluding carboxylic acids is 2. The van der Waals surface area contributed by atoms with Gasteiger partial charge in [-0.1, -0.05) is 42.5 Å². The van der Waals surface area contributed by atoms with Gasteiger partial charge in [-0.25, -0.2) is 0 Å². The van der Waals surface area contributed by atoms with Crippen LogP contribution in [0.3, 0.4) is 0 Å². The van der Waals surface area contributed by atoms with Crippen molar-refractivity contribution < 1.29 is 19.1 Å². The Bertz CT molecular complexity index is 843. The van der Waals surface area contributed by atoms with Crippen molar-refractivity contribution in [2.24, 2.45) is 5.92 Å². The smallest absolute Gasteiger partial charge is 0.307 e. The van der Waals surface area contributed by atoms with E-state index in [1.807, 2.05) is 54.6 Å². The molecule has 2 fully saturated rings. The third-order valence-corrected chi connectivity index (χ3v) is 5.70. The second kappa shape index (κ2) is 8.05. The van der Waals surface area contributed by atoms with Gasteiger partial charge in [0.05, 0.1) is 12.3 Å². The molecule has 146 valence electrons. The minimum Gasteiger partial charge on any atom is -0.489 e. The fraction of sp³-hybridized carbons (Fsp3) is 0.391. The summed E-state index contributed by atoms with van der Waals surface area (Å²) in [7, 11) is 0. The molecule has 0 aromatic heterocycles. The molecule has 1 saturated carbocycles. The minimum absolute atomic E-state index is 0.0941. The van der Waals surface area contributed by atoms with E-state index in [1.165, 1.54) is 0 Å². The summed E-state index contributed by atoms with van der Waals surface area (Å²) >= 11 is 0. The van der Waals surface area contributed by atoms with Crippen molar-refractivity contribution >= 4 is 11.9 Å². The SMILES string of the molecule is O=C1CC(C(=O)NCc2cccc(OCc3ccccc3)c2)C2(CCCC2)O1. The summed E-state index contributed by atoms with van der Waals surface area (Å²) < 4.78 is 11.4. The molecule has 0 bridgehead atoms. The molecule has 1 aliphatic heterocycles. The number of amides is 1. The Morgan fingerprint density at radius 1 is 1.07 bits per heavy atom. The lowest BCUT2D eigenvalue weighted by Crippen LogP contribution is -2.42. The first-order chi connectivity index (χ1) is 13.6. The fourth-order valence-corrected chi connectivity index (χ4v) is 4.25. The number of hydrogen-bond acceptors (Lipinski definition) is 4. The molecule has 28 heavy (non-hydrogen) atoms. The third-order valence-electron chi connectivity index (χ3n) is 5.70. The number of nitrogens with one attached hydrogen (secondary N) is 1. The minimum atomic E-state index is -0.568. The second-order valence-corrected chi connectivity index (χ2v) is 7.64. The van der Waals surface area contributed by atoms with E-state index in [9.17, 15) is 9.59 Å². The van der Waals surface area contributed by atoms with Gasteiger partial charge < -0.3 is 14.8 Å². The predicted molar refractivity (Wildman–Crippen MR) is 104 cm³/mol. The monoisotopic (exact) mass is 379 g/mol. The van der Waals surface area contributed by atoms with Gasteiger partial charge in [0.2, 0.25) is 5.91 Å². The fourth-order valence-electron chi connectivity index (χ4n) is 4.25. The molecule has 2 aliphatic rings. The van der Waals surface area contributed by atoms with Crippen molar-refractivity contribution in [1.82, 2.24) is 5.32 Å². The first-order valence-electron chi connectivity index (χ1n) is 9.90. The molecule has 1 spiro atoms. The summed E-state index contributed by atoms with van der Waals surface area (Å²) in [6.07, 6.45) is 3.79. The lowest BCUT2D eigenvalue weighted by atomic mass is 9.85. The first-order valence-corrected chi connectivity index (χ1v) is 9.90. The van der Waals surface area contributed by atoms with Gasteiger partial charge in [-0.15, -0.1) is 0 Å². The van der Waals surface area contributed by atoms with Crippen molar-refractivity contribution in [3.8, 4) is 5.75 Å². The molecule has 1 unspecified atom stereocenters. The van der Waals surface area contributed by atoms with Gasteiger partial charge in [0, 0.05) is 6.54 Å². The zero-order chi connectivity index (χ0) is 19.4. The van der Waals surface area contributed by atoms with Gasteiger partial charge >= 0.3 is 5.97 Å². The maximum Gasteiger partial charge on any atom is 0.307 e. The molecule has 1 aliphatic carbocycles. The third kappa shape index (κ3) is 4.03. The standard InChI is InChI=1S/C23H25NO4/c25-21-14-20(23(28-21)11-4-5-12-23)22(26)24-15-18-9-6-10-19(13-18)27-16-17-7-2-1-3-8-17/h1-3,6-10,13,20H,4-5,11-12,14-16H2,(H,24,26). The van der Waals surface area contributed by atoms with Gasteiger partial charge in [-0.3, -0.25) is 9.59 Å². The largest absolute Gasteiger partial charge is 0.489 e. The molecule has 1 N–H and O–H groups in total. The lowest BCUT2D eigenvalue weighted by molar-refractivity contribution is -0.149. The van der Waals surface area contributed by atoms with Crippen molar-refractivity contribution in [2.75, 3.05) is 0 Å². The van der Waals surface area contributed by atoms with Gasteiger partial charge in [-0.2, -0.15) is 0 Å². The summed E-state index contributed by atoms with van der Waals surface area (Å²) in [4.78, 5) is 24.6. The summed E-state index contributed by atoms with van der Waals surface area (Å²) in [5.41, 5.74) is 1.50. The van der Waals surface area contributed by atoms with Crippen LogP contribution in [0.15, 0.2) is 54.6 Å². The molecule has 2 aromatic rings. The van der Waals surface area contributed by atoms with Crippen LogP contribution in [0, 0.1) is 5.92 Å². The molecular weight excluding hydrogens is 354 g/mol. The van der Waals surface area contributed by atoms with Crippen LogP contribution >= 0.6 is 0 Å². The second-order valence-electron chi connectivity index (χ2n) is 7.64. The van der Waals surface area contributed by atoms with Crippen molar-refractivity contribution in [3.05, 3.63) is 65.7 Å². The average molecular weight is 379 g/mol. The van der Waals surface area contributed by atoms with Crippen LogP contribution in [0.5, 0.6) is 5.75 Å². The van der Waals surface area contributed by atoms with E-state index in [2.05, 4.69) is 5.32 Å². The lowest BCUT2D eigenvalue weighted by Gasteiger charge is -2.27. The highest BCUT2D eigenvalue weighted by atomic mass is 16.6. The van der Waals surface area contributed by atoms with Crippen molar-refractivity contribution in [2.45, 2.75) is 50.9 Å². The molecule has 2 aromatic carbocycles. The van der Waals surface area contributed by atoms with E-state index in [4.69, 9.17) is 9.47 Å². The van der Waals surface area contributed by atoms with Crippen molar-refractivity contribution in [1.29, 1.82) is 0 Å². The summed E-state index contributed by atoms with van der Waals surface area (Å²) in [6, 6.07) is 17.7. The molecule has 0 radical (unpaired) electrons. The molecular formula is C23H25NO4. The molecule has 5 heteroatoms. The number of benzene rings is 2. The van der Waals surface area contributed by atoms with E-state index in [0.717, 1.165) is 42.6 Å². The van der Waals surface area contributed by atoms with Crippen LogP contribution in [0.4, 0.5) is 0 Å². The van der Waals surface area contributed by atoms with Gasteiger partial charge in [0.25, 0.3) is 0 Å². The molecule has 4 rings (SSSR count). The molecule has 1 heterocycles. The Labute approximate surface area is 165 Å². The van der Waals surface area contributed by atoms with Gasteiger partial charge in [0.15, 0.2) is 0 Å². The van der Waals surface area contributed by atoms with Crippen LogP contribution in [0.2, 0.25) is 0 Å². The van der Waals surface area contributed by atoms with Crippen LogP contribution in [0.25, 0.3) is 0 Å². The summed E-state index contributed by atoms with van der Waals surface area (Å²) in [5, 5.41) is 2.99. The zero-order valence-electron chi connectivity index (χ0n) is 15.9. The van der Waals surface area contributed by atoms with E-state index in [0.29, 0.717) is 13.2 Å². The van der Waals surface area contributed by atoms with E-state index in [-0.39, 0.29) is 24.2 Å². The zero-order valence-corrected chi connectivity index (χ0v) is 15.9. The highest BCUT2D eigenvalue weighted by Gasteiger charge is 2.53. The Hall–Kier alpha value is -2.82. The number of carbonyl (C=O) groups is 2. The highest BCUT2D eigenvalue weighted by Crippen LogP contribution is 2.45. The maximum absolute atomic E-state index is 12.7. The van der Waals surface area contributed by atoms with E-state index < -0.39 is 5.60 Å². The quantitative estimate of drug-likeness (QED) is 0.776. The topological polar surface area (TPSA) is 64.6 Å².